The molecule has 6 heteroatoms. The van der Waals surface area contributed by atoms with Gasteiger partial charge in [-0.05, 0) is 30.3 Å². The molecule has 20 heavy (non-hydrogen) atoms. The van der Waals surface area contributed by atoms with E-state index in [2.05, 4.69) is 0 Å². The minimum Gasteiger partial charge on any atom is -0.487 e. The van der Waals surface area contributed by atoms with Crippen LogP contribution in [0.5, 0.6) is 5.75 Å². The van der Waals surface area contributed by atoms with Gasteiger partial charge in [0.25, 0.3) is 0 Å². The van der Waals surface area contributed by atoms with E-state index in [4.69, 9.17) is 4.74 Å². The van der Waals surface area contributed by atoms with E-state index in [-0.39, 0.29) is 5.56 Å². The van der Waals surface area contributed by atoms with Crippen LogP contribution in [0.25, 0.3) is 0 Å². The largest absolute Gasteiger partial charge is 0.487 e. The Bertz CT molecular complexity index is 616. The third kappa shape index (κ3) is 3.27. The SMILES string of the molecule is OC(COc1cc(F)ccc1F)c1cc(F)ccc1F. The Labute approximate surface area is 112 Å². The summed E-state index contributed by atoms with van der Waals surface area (Å²) in [6.07, 6.45) is -1.51. The van der Waals surface area contributed by atoms with Crippen molar-refractivity contribution in [1.29, 1.82) is 0 Å². The molecule has 2 aromatic carbocycles. The van der Waals surface area contributed by atoms with Gasteiger partial charge in [0, 0.05) is 11.6 Å². The van der Waals surface area contributed by atoms with Crippen LogP contribution in [-0.4, -0.2) is 11.7 Å². The molecule has 0 aliphatic rings. The molecule has 1 N–H and O–H groups in total. The smallest absolute Gasteiger partial charge is 0.165 e. The van der Waals surface area contributed by atoms with Crippen LogP contribution in [0.1, 0.15) is 11.7 Å². The average Bonchev–Trinajstić information content (AvgIpc) is 2.42. The molecule has 0 spiro atoms. The molecule has 0 aromatic heterocycles. The van der Waals surface area contributed by atoms with E-state index in [0.29, 0.717) is 0 Å². The summed E-state index contributed by atoms with van der Waals surface area (Å²) < 4.78 is 57.4. The highest BCUT2D eigenvalue weighted by molar-refractivity contribution is 5.26. The van der Waals surface area contributed by atoms with E-state index >= 15 is 0 Å². The van der Waals surface area contributed by atoms with Crippen LogP contribution in [0.3, 0.4) is 0 Å². The van der Waals surface area contributed by atoms with E-state index in [0.717, 1.165) is 36.4 Å². The monoisotopic (exact) mass is 286 g/mol. The summed E-state index contributed by atoms with van der Waals surface area (Å²) in [6.45, 7) is -0.541. The van der Waals surface area contributed by atoms with E-state index in [1.165, 1.54) is 0 Å². The van der Waals surface area contributed by atoms with Gasteiger partial charge in [0.05, 0.1) is 0 Å². The molecule has 0 fully saturated rings. The minimum atomic E-state index is -1.51. The number of aliphatic hydroxyl groups excluding tert-OH is 1. The number of hydrogen-bond acceptors (Lipinski definition) is 2. The predicted molar refractivity (Wildman–Crippen MR) is 63.2 cm³/mol. The quantitative estimate of drug-likeness (QED) is 0.873. The van der Waals surface area contributed by atoms with Crippen molar-refractivity contribution >= 4 is 0 Å². The molecule has 0 heterocycles. The molecule has 0 saturated heterocycles. The van der Waals surface area contributed by atoms with Crippen LogP contribution in [0.4, 0.5) is 17.6 Å². The summed E-state index contributed by atoms with van der Waals surface area (Å²) >= 11 is 0. The van der Waals surface area contributed by atoms with Gasteiger partial charge >= 0.3 is 0 Å². The maximum Gasteiger partial charge on any atom is 0.165 e. The van der Waals surface area contributed by atoms with Crippen LogP contribution in [-0.2, 0) is 0 Å². The molecular formula is C14H10F4O2. The van der Waals surface area contributed by atoms with E-state index in [9.17, 15) is 22.7 Å². The van der Waals surface area contributed by atoms with Crippen LogP contribution in [0, 0.1) is 23.3 Å². The fourth-order valence-electron chi connectivity index (χ4n) is 1.62. The van der Waals surface area contributed by atoms with Crippen molar-refractivity contribution in [2.75, 3.05) is 6.61 Å². The van der Waals surface area contributed by atoms with E-state index in [1.54, 1.807) is 0 Å². The molecule has 0 aliphatic heterocycles. The van der Waals surface area contributed by atoms with Gasteiger partial charge in [-0.2, -0.15) is 0 Å². The van der Waals surface area contributed by atoms with Gasteiger partial charge < -0.3 is 9.84 Å². The summed E-state index contributed by atoms with van der Waals surface area (Å²) in [5.74, 6) is -3.49. The maximum atomic E-state index is 13.4. The van der Waals surface area contributed by atoms with Gasteiger partial charge in [0.2, 0.25) is 0 Å². The van der Waals surface area contributed by atoms with E-state index in [1.807, 2.05) is 0 Å². The van der Waals surface area contributed by atoms with Gasteiger partial charge in [-0.1, -0.05) is 0 Å². The zero-order valence-corrected chi connectivity index (χ0v) is 10.1. The number of hydrogen-bond donors (Lipinski definition) is 1. The van der Waals surface area contributed by atoms with Crippen molar-refractivity contribution in [3.05, 3.63) is 65.2 Å². The first-order valence-electron chi connectivity index (χ1n) is 5.68. The van der Waals surface area contributed by atoms with Crippen molar-refractivity contribution in [3.8, 4) is 5.75 Å². The van der Waals surface area contributed by atoms with Gasteiger partial charge in [0.1, 0.15) is 30.2 Å². The van der Waals surface area contributed by atoms with Crippen molar-refractivity contribution in [1.82, 2.24) is 0 Å². The first kappa shape index (κ1) is 14.3. The molecule has 2 aromatic rings. The summed E-state index contributed by atoms with van der Waals surface area (Å²) in [6, 6.07) is 5.13. The summed E-state index contributed by atoms with van der Waals surface area (Å²) in [5.41, 5.74) is -0.318. The number of ether oxygens (including phenoxy) is 1. The van der Waals surface area contributed by atoms with Crippen LogP contribution >= 0.6 is 0 Å². The van der Waals surface area contributed by atoms with E-state index < -0.39 is 41.7 Å². The van der Waals surface area contributed by atoms with Crippen molar-refractivity contribution < 1.29 is 27.4 Å². The van der Waals surface area contributed by atoms with Crippen LogP contribution in [0.15, 0.2) is 36.4 Å². The molecule has 1 atom stereocenters. The minimum absolute atomic E-state index is 0.318. The second-order valence-electron chi connectivity index (χ2n) is 4.07. The van der Waals surface area contributed by atoms with Crippen LogP contribution < -0.4 is 4.74 Å². The highest BCUT2D eigenvalue weighted by Crippen LogP contribution is 2.22. The zero-order valence-electron chi connectivity index (χ0n) is 10.1. The number of halogens is 4. The lowest BCUT2D eigenvalue weighted by atomic mass is 10.1. The van der Waals surface area contributed by atoms with Gasteiger partial charge in [-0.15, -0.1) is 0 Å². The predicted octanol–water partition coefficient (Wildman–Crippen LogP) is 3.36. The summed E-state index contributed by atoms with van der Waals surface area (Å²) in [4.78, 5) is 0. The Hall–Kier alpha value is -2.08. The first-order chi connectivity index (χ1) is 9.47. The fourth-order valence-corrected chi connectivity index (χ4v) is 1.62. The fraction of sp³-hybridized carbons (Fsp3) is 0.143. The van der Waals surface area contributed by atoms with Gasteiger partial charge in [0.15, 0.2) is 11.6 Å². The van der Waals surface area contributed by atoms with Gasteiger partial charge in [-0.3, -0.25) is 0 Å². The molecule has 2 nitrogen and oxygen atoms in total. The summed E-state index contributed by atoms with van der Waals surface area (Å²) in [7, 11) is 0. The first-order valence-corrected chi connectivity index (χ1v) is 5.68. The lowest BCUT2D eigenvalue weighted by Crippen LogP contribution is -2.12. The molecule has 2 rings (SSSR count). The normalized spacial score (nSPS) is 12.2. The second kappa shape index (κ2) is 5.92. The Balaban J connectivity index is 2.10. The number of rotatable bonds is 4. The molecule has 0 radical (unpaired) electrons. The third-order valence-electron chi connectivity index (χ3n) is 2.61. The average molecular weight is 286 g/mol. The summed E-state index contributed by atoms with van der Waals surface area (Å²) in [5, 5.41) is 9.70. The molecule has 1 unspecified atom stereocenters. The maximum absolute atomic E-state index is 13.4. The Kier molecular flexibility index (Phi) is 4.24. The molecule has 0 aliphatic carbocycles. The Morgan fingerprint density at radius 2 is 1.50 bits per heavy atom. The molecule has 106 valence electrons. The second-order valence-corrected chi connectivity index (χ2v) is 4.07. The lowest BCUT2D eigenvalue weighted by Gasteiger charge is -2.14. The number of benzene rings is 2. The highest BCUT2D eigenvalue weighted by atomic mass is 19.1. The molecule has 0 amide bonds. The van der Waals surface area contributed by atoms with Crippen LogP contribution in [0.2, 0.25) is 0 Å². The molecule has 0 saturated carbocycles. The molecule has 0 bridgehead atoms. The number of aliphatic hydroxyl groups is 1. The topological polar surface area (TPSA) is 29.5 Å². The van der Waals surface area contributed by atoms with Crippen molar-refractivity contribution in [2.24, 2.45) is 0 Å². The standard InChI is InChI=1S/C14H10F4O2/c15-8-1-3-11(17)10(5-8)13(19)7-20-14-6-9(16)2-4-12(14)18/h1-6,13,19H,7H2. The van der Waals surface area contributed by atoms with Crippen molar-refractivity contribution in [2.45, 2.75) is 6.10 Å². The van der Waals surface area contributed by atoms with Gasteiger partial charge in [-0.25, -0.2) is 17.6 Å². The zero-order chi connectivity index (χ0) is 14.7. The Morgan fingerprint density at radius 1 is 0.900 bits per heavy atom. The third-order valence-corrected chi connectivity index (χ3v) is 2.61. The Morgan fingerprint density at radius 3 is 2.20 bits per heavy atom. The lowest BCUT2D eigenvalue weighted by molar-refractivity contribution is 0.102. The highest BCUT2D eigenvalue weighted by Gasteiger charge is 2.16. The van der Waals surface area contributed by atoms with Crippen molar-refractivity contribution in [3.63, 3.8) is 0 Å². The molecular weight excluding hydrogens is 276 g/mol.